The molecule has 11 heavy (non-hydrogen) atoms. The first-order valence-corrected chi connectivity index (χ1v) is 4.65. The van der Waals surface area contributed by atoms with Gasteiger partial charge in [0.2, 0.25) is 0 Å². The smallest absolute Gasteiger partial charge is 0.109 e. The molecular weight excluding hydrogens is 208 g/mol. The minimum Gasteiger partial charge on any atom is -0.392 e. The number of aliphatic hydroxyl groups excluding tert-OH is 1. The lowest BCUT2D eigenvalue weighted by Gasteiger charge is -2.22. The van der Waals surface area contributed by atoms with E-state index in [4.69, 9.17) is 5.11 Å². The van der Waals surface area contributed by atoms with E-state index >= 15 is 0 Å². The van der Waals surface area contributed by atoms with Crippen LogP contribution in [0.4, 0.5) is 0 Å². The van der Waals surface area contributed by atoms with Gasteiger partial charge in [-0.3, -0.25) is 5.01 Å². The Morgan fingerprint density at radius 1 is 1.82 bits per heavy atom. The van der Waals surface area contributed by atoms with Crippen LogP contribution in [0.5, 0.6) is 0 Å². The van der Waals surface area contributed by atoms with Crippen molar-refractivity contribution in [1.29, 1.82) is 0 Å². The summed E-state index contributed by atoms with van der Waals surface area (Å²) in [6.45, 7) is 4.44. The largest absolute Gasteiger partial charge is 0.392 e. The Morgan fingerprint density at radius 3 is 2.82 bits per heavy atom. The average Bonchev–Trinajstić information content (AvgIpc) is 2.18. The van der Waals surface area contributed by atoms with Crippen molar-refractivity contribution in [1.82, 2.24) is 5.01 Å². The first-order chi connectivity index (χ1) is 5.11. The lowest BCUT2D eigenvalue weighted by Crippen LogP contribution is -2.31. The van der Waals surface area contributed by atoms with Crippen LogP contribution in [-0.4, -0.2) is 33.9 Å². The van der Waals surface area contributed by atoms with Gasteiger partial charge in [0, 0.05) is 12.1 Å². The number of hydrazone groups is 1. The Labute approximate surface area is 75.2 Å². The topological polar surface area (TPSA) is 35.8 Å². The summed E-state index contributed by atoms with van der Waals surface area (Å²) in [6.07, 6.45) is 1.57. The van der Waals surface area contributed by atoms with Gasteiger partial charge in [-0.1, -0.05) is 22.9 Å². The average molecular weight is 221 g/mol. The fraction of sp³-hybridized carbons (Fsp3) is 0.857. The Morgan fingerprint density at radius 2 is 2.45 bits per heavy atom. The van der Waals surface area contributed by atoms with E-state index in [1.54, 1.807) is 6.92 Å². The maximum atomic E-state index is 9.08. The Kier molecular flexibility index (Phi) is 2.90. The summed E-state index contributed by atoms with van der Waals surface area (Å²) in [5, 5.41) is 15.1. The highest BCUT2D eigenvalue weighted by Crippen LogP contribution is 2.22. The molecule has 1 N–H and O–H groups in total. The van der Waals surface area contributed by atoms with E-state index in [0.29, 0.717) is 12.5 Å². The molecule has 0 saturated carbocycles. The van der Waals surface area contributed by atoms with E-state index < -0.39 is 0 Å². The van der Waals surface area contributed by atoms with E-state index in [-0.39, 0.29) is 11.1 Å². The van der Waals surface area contributed by atoms with Crippen molar-refractivity contribution >= 4 is 22.1 Å². The molecule has 0 fully saturated rings. The quantitative estimate of drug-likeness (QED) is 0.558. The maximum Gasteiger partial charge on any atom is 0.109 e. The third-order valence-corrected chi connectivity index (χ3v) is 2.93. The predicted molar refractivity (Wildman–Crippen MR) is 48.8 cm³/mol. The molecular formula is C7H13BrN2O. The predicted octanol–water partition coefficient (Wildman–Crippen LogP) is 1.03. The molecule has 0 radical (unpaired) electrons. The van der Waals surface area contributed by atoms with Gasteiger partial charge < -0.3 is 5.11 Å². The second-order valence-electron chi connectivity index (χ2n) is 2.97. The molecule has 0 aromatic carbocycles. The van der Waals surface area contributed by atoms with Crippen molar-refractivity contribution in [2.75, 3.05) is 6.54 Å². The molecule has 1 rings (SSSR count). The van der Waals surface area contributed by atoms with Crippen molar-refractivity contribution in [2.45, 2.75) is 24.9 Å². The van der Waals surface area contributed by atoms with Gasteiger partial charge in [-0.25, -0.2) is 0 Å². The molecule has 3 unspecified atom stereocenters. The van der Waals surface area contributed by atoms with E-state index in [0.717, 1.165) is 0 Å². The molecule has 0 bridgehead atoms. The van der Waals surface area contributed by atoms with Crippen LogP contribution in [0.15, 0.2) is 5.10 Å². The van der Waals surface area contributed by atoms with E-state index in [1.165, 1.54) is 0 Å². The molecule has 1 aliphatic rings. The number of hydrogen-bond acceptors (Lipinski definition) is 3. The molecule has 1 heterocycles. The molecule has 0 spiro atoms. The van der Waals surface area contributed by atoms with Crippen molar-refractivity contribution in [3.63, 3.8) is 0 Å². The summed E-state index contributed by atoms with van der Waals surface area (Å²) in [5.41, 5.74) is 0. The van der Waals surface area contributed by atoms with Gasteiger partial charge in [-0.2, -0.15) is 5.10 Å². The summed E-state index contributed by atoms with van der Waals surface area (Å²) in [5.74, 6) is 0.425. The van der Waals surface area contributed by atoms with Crippen LogP contribution in [0.2, 0.25) is 0 Å². The highest BCUT2D eigenvalue weighted by molar-refractivity contribution is 9.09. The van der Waals surface area contributed by atoms with E-state index in [1.807, 2.05) is 11.2 Å². The second-order valence-corrected chi connectivity index (χ2v) is 3.91. The number of rotatable bonds is 2. The molecule has 0 saturated heterocycles. The van der Waals surface area contributed by atoms with Crippen LogP contribution in [0.25, 0.3) is 0 Å². The van der Waals surface area contributed by atoms with Crippen molar-refractivity contribution in [3.8, 4) is 0 Å². The molecule has 4 heteroatoms. The molecule has 0 aromatic rings. The number of alkyl halides is 1. The standard InChI is InChI=1S/C7H13BrN2O/c1-5-3-9-10(7(5)8)4-6(2)11/h3,5-7,11H,4H2,1-2H3. The third kappa shape index (κ3) is 2.17. The zero-order chi connectivity index (χ0) is 8.43. The Balaban J connectivity index is 2.43. The van der Waals surface area contributed by atoms with Gasteiger partial charge >= 0.3 is 0 Å². The summed E-state index contributed by atoms with van der Waals surface area (Å²) in [4.78, 5) is 0.247. The Hall–Kier alpha value is -0.0900. The fourth-order valence-electron chi connectivity index (χ4n) is 1.02. The normalized spacial score (nSPS) is 32.9. The first-order valence-electron chi connectivity index (χ1n) is 3.74. The van der Waals surface area contributed by atoms with Gasteiger partial charge in [-0.15, -0.1) is 0 Å². The Bertz CT molecular complexity index is 161. The zero-order valence-corrected chi connectivity index (χ0v) is 8.32. The monoisotopic (exact) mass is 220 g/mol. The molecule has 0 aliphatic carbocycles. The van der Waals surface area contributed by atoms with Gasteiger partial charge in [0.15, 0.2) is 0 Å². The van der Waals surface area contributed by atoms with Crippen molar-refractivity contribution in [2.24, 2.45) is 11.0 Å². The van der Waals surface area contributed by atoms with Gasteiger partial charge in [0.1, 0.15) is 4.95 Å². The number of aliphatic hydroxyl groups is 1. The maximum absolute atomic E-state index is 9.08. The van der Waals surface area contributed by atoms with Crippen LogP contribution < -0.4 is 0 Å². The van der Waals surface area contributed by atoms with Gasteiger partial charge in [-0.05, 0) is 6.92 Å². The number of hydrogen-bond donors (Lipinski definition) is 1. The molecule has 0 amide bonds. The van der Waals surface area contributed by atoms with Gasteiger partial charge in [0.25, 0.3) is 0 Å². The number of nitrogens with zero attached hydrogens (tertiary/aromatic N) is 2. The molecule has 64 valence electrons. The van der Waals surface area contributed by atoms with Crippen molar-refractivity contribution < 1.29 is 5.11 Å². The second kappa shape index (κ2) is 3.54. The third-order valence-electron chi connectivity index (χ3n) is 1.62. The van der Waals surface area contributed by atoms with E-state index in [2.05, 4.69) is 28.0 Å². The zero-order valence-electron chi connectivity index (χ0n) is 6.74. The fourth-order valence-corrected chi connectivity index (χ4v) is 1.42. The van der Waals surface area contributed by atoms with Crippen LogP contribution in [0.1, 0.15) is 13.8 Å². The minimum absolute atomic E-state index is 0.247. The summed E-state index contributed by atoms with van der Waals surface area (Å²) in [7, 11) is 0. The van der Waals surface area contributed by atoms with Gasteiger partial charge in [0.05, 0.1) is 12.6 Å². The van der Waals surface area contributed by atoms with Crippen LogP contribution in [0.3, 0.4) is 0 Å². The molecule has 0 aromatic heterocycles. The number of β-amino-alcohol motifs (C(OH)–C–C–N with tert-alkyl or cyclic N) is 1. The lowest BCUT2D eigenvalue weighted by molar-refractivity contribution is 0.126. The van der Waals surface area contributed by atoms with Crippen LogP contribution in [-0.2, 0) is 0 Å². The highest BCUT2D eigenvalue weighted by Gasteiger charge is 2.25. The number of halogens is 1. The van der Waals surface area contributed by atoms with Crippen molar-refractivity contribution in [3.05, 3.63) is 0 Å². The summed E-state index contributed by atoms with van der Waals surface area (Å²) < 4.78 is 0. The van der Waals surface area contributed by atoms with Crippen LogP contribution in [0, 0.1) is 5.92 Å². The van der Waals surface area contributed by atoms with E-state index in [9.17, 15) is 0 Å². The lowest BCUT2D eigenvalue weighted by atomic mass is 10.2. The summed E-state index contributed by atoms with van der Waals surface area (Å²) in [6, 6.07) is 0. The molecule has 3 nitrogen and oxygen atoms in total. The first kappa shape index (κ1) is 9.00. The molecule has 3 atom stereocenters. The highest BCUT2D eigenvalue weighted by atomic mass is 79.9. The SMILES string of the molecule is CC(O)CN1N=CC(C)C1Br. The minimum atomic E-state index is -0.322. The summed E-state index contributed by atoms with van der Waals surface area (Å²) >= 11 is 3.49. The van der Waals surface area contributed by atoms with Crippen LogP contribution >= 0.6 is 15.9 Å². The molecule has 1 aliphatic heterocycles.